The van der Waals surface area contributed by atoms with Crippen LogP contribution in [-0.4, -0.2) is 39.4 Å². The van der Waals surface area contributed by atoms with E-state index in [1.54, 1.807) is 30.3 Å². The van der Waals surface area contributed by atoms with Crippen LogP contribution in [0.15, 0.2) is 42.6 Å². The molecule has 2 heterocycles. The van der Waals surface area contributed by atoms with E-state index in [4.69, 9.17) is 0 Å². The van der Waals surface area contributed by atoms with E-state index < -0.39 is 6.03 Å². The van der Waals surface area contributed by atoms with Gasteiger partial charge in [0.15, 0.2) is 23.1 Å². The molecule has 0 aliphatic heterocycles. The number of hydrogen-bond donors (Lipinski definition) is 3. The third-order valence-corrected chi connectivity index (χ3v) is 3.56. The molecule has 0 saturated heterocycles. The zero-order chi connectivity index (χ0) is 18.7. The Balaban J connectivity index is 1.80. The highest BCUT2D eigenvalue weighted by atomic mass is 16.2. The maximum absolute atomic E-state index is 12.4. The number of carbonyl (C=O) groups excluding carboxylic acids is 3. The molecule has 3 N–H and O–H groups in total. The van der Waals surface area contributed by atoms with Gasteiger partial charge in [0.25, 0.3) is 5.91 Å². The van der Waals surface area contributed by atoms with Crippen LogP contribution in [0.2, 0.25) is 0 Å². The molecule has 9 nitrogen and oxygen atoms in total. The largest absolute Gasteiger partial charge is 0.341 e. The Kier molecular flexibility index (Phi) is 4.61. The van der Waals surface area contributed by atoms with Crippen LogP contribution >= 0.6 is 0 Å². The van der Waals surface area contributed by atoms with Gasteiger partial charge in [-0.1, -0.05) is 12.1 Å². The molecular weight excluding hydrogens is 336 g/mol. The van der Waals surface area contributed by atoms with Crippen LogP contribution in [0.5, 0.6) is 0 Å². The number of benzene rings is 1. The predicted molar refractivity (Wildman–Crippen MR) is 95.5 cm³/mol. The highest BCUT2D eigenvalue weighted by Gasteiger charge is 2.11. The lowest BCUT2D eigenvalue weighted by atomic mass is 10.1. The summed E-state index contributed by atoms with van der Waals surface area (Å²) in [4.78, 5) is 39.3. The number of aromatic nitrogens is 3. The summed E-state index contributed by atoms with van der Waals surface area (Å²) in [6, 6.07) is 9.29. The van der Waals surface area contributed by atoms with Crippen molar-refractivity contribution in [2.45, 2.75) is 6.92 Å². The van der Waals surface area contributed by atoms with Gasteiger partial charge in [-0.25, -0.2) is 14.3 Å². The Morgan fingerprint density at radius 2 is 1.77 bits per heavy atom. The number of anilines is 2. The number of imidazole rings is 1. The number of ketones is 1. The van der Waals surface area contributed by atoms with E-state index >= 15 is 0 Å². The van der Waals surface area contributed by atoms with E-state index in [0.717, 1.165) is 0 Å². The van der Waals surface area contributed by atoms with Crippen LogP contribution in [0.3, 0.4) is 0 Å². The second-order valence-corrected chi connectivity index (χ2v) is 5.44. The van der Waals surface area contributed by atoms with Crippen LogP contribution in [0.25, 0.3) is 5.65 Å². The highest BCUT2D eigenvalue weighted by molar-refractivity contribution is 6.05. The lowest BCUT2D eigenvalue weighted by Crippen LogP contribution is -2.24. The summed E-state index contributed by atoms with van der Waals surface area (Å²) in [7, 11) is 1.50. The number of fused-ring (bicyclic) bond motifs is 1. The fourth-order valence-corrected chi connectivity index (χ4v) is 2.26. The monoisotopic (exact) mass is 352 g/mol. The maximum Gasteiger partial charge on any atom is 0.320 e. The van der Waals surface area contributed by atoms with Crippen molar-refractivity contribution >= 4 is 35.0 Å². The number of rotatable bonds is 4. The molecule has 26 heavy (non-hydrogen) atoms. The number of Topliss-reactive ketones (excluding diaryl/α,β-unsaturated/α-hetero) is 1. The Labute approximate surface area is 148 Å². The van der Waals surface area contributed by atoms with Crippen molar-refractivity contribution in [3.8, 4) is 0 Å². The van der Waals surface area contributed by atoms with Gasteiger partial charge in [0.1, 0.15) is 0 Å². The topological polar surface area (TPSA) is 117 Å². The van der Waals surface area contributed by atoms with Gasteiger partial charge in [-0.2, -0.15) is 0 Å². The molecule has 0 aliphatic carbocycles. The summed E-state index contributed by atoms with van der Waals surface area (Å²) in [5.74, 6) is 0.131. The molecule has 3 aromatic rings. The minimum atomic E-state index is -0.396. The zero-order valence-electron chi connectivity index (χ0n) is 14.1. The SMILES string of the molecule is CNC(=O)Nc1cn2nc(NC(=O)c3cccc(C(C)=O)c3)ccc2n1. The van der Waals surface area contributed by atoms with Gasteiger partial charge in [0, 0.05) is 18.2 Å². The summed E-state index contributed by atoms with van der Waals surface area (Å²) >= 11 is 0. The zero-order valence-corrected chi connectivity index (χ0v) is 14.1. The lowest BCUT2D eigenvalue weighted by Gasteiger charge is -2.05. The van der Waals surface area contributed by atoms with Crippen LogP contribution in [0.1, 0.15) is 27.6 Å². The molecule has 3 rings (SSSR count). The van der Waals surface area contributed by atoms with Crippen molar-refractivity contribution in [3.05, 3.63) is 53.7 Å². The van der Waals surface area contributed by atoms with E-state index in [0.29, 0.717) is 28.4 Å². The van der Waals surface area contributed by atoms with Crippen LogP contribution in [0, 0.1) is 0 Å². The number of nitrogens with one attached hydrogen (secondary N) is 3. The van der Waals surface area contributed by atoms with Crippen LogP contribution < -0.4 is 16.0 Å². The normalized spacial score (nSPS) is 10.4. The predicted octanol–water partition coefficient (Wildman–Crippen LogP) is 1.94. The van der Waals surface area contributed by atoms with Crippen LogP contribution in [-0.2, 0) is 0 Å². The minimum absolute atomic E-state index is 0.117. The van der Waals surface area contributed by atoms with Crippen molar-refractivity contribution in [1.29, 1.82) is 0 Å². The first-order chi connectivity index (χ1) is 12.5. The van der Waals surface area contributed by atoms with E-state index in [1.165, 1.54) is 30.8 Å². The molecule has 3 amide bonds. The van der Waals surface area contributed by atoms with Gasteiger partial charge in [0.2, 0.25) is 0 Å². The van der Waals surface area contributed by atoms with Crippen molar-refractivity contribution in [1.82, 2.24) is 19.9 Å². The van der Waals surface area contributed by atoms with Crippen LogP contribution in [0.4, 0.5) is 16.4 Å². The van der Waals surface area contributed by atoms with Gasteiger partial charge < -0.3 is 10.6 Å². The number of urea groups is 1. The van der Waals surface area contributed by atoms with Crippen molar-refractivity contribution < 1.29 is 14.4 Å². The quantitative estimate of drug-likeness (QED) is 0.620. The van der Waals surface area contributed by atoms with E-state index in [2.05, 4.69) is 26.0 Å². The average molecular weight is 352 g/mol. The van der Waals surface area contributed by atoms with Gasteiger partial charge >= 0.3 is 6.03 Å². The number of amides is 3. The molecule has 0 saturated carbocycles. The van der Waals surface area contributed by atoms with E-state index in [1.807, 2.05) is 0 Å². The molecular formula is C17H16N6O3. The molecule has 9 heteroatoms. The summed E-state index contributed by atoms with van der Waals surface area (Å²) in [5.41, 5.74) is 1.32. The van der Waals surface area contributed by atoms with Gasteiger partial charge in [-0.05, 0) is 31.2 Å². The number of nitrogens with zero attached hydrogens (tertiary/aromatic N) is 3. The van der Waals surface area contributed by atoms with Gasteiger partial charge in [0.05, 0.1) is 6.20 Å². The molecule has 0 aliphatic rings. The van der Waals surface area contributed by atoms with Gasteiger partial charge in [-0.3, -0.25) is 14.9 Å². The molecule has 0 spiro atoms. The standard InChI is InChI=1S/C17H16N6O3/c1-10(24)11-4-3-5-12(8-11)16(25)20-13-6-7-15-19-14(9-23(15)22-13)21-17(26)18-2/h3-9H,1-2H3,(H2,18,21,26)(H,20,22,25). The lowest BCUT2D eigenvalue weighted by molar-refractivity contribution is 0.101. The molecule has 0 radical (unpaired) electrons. The molecule has 0 fully saturated rings. The number of carbonyl (C=O) groups is 3. The summed E-state index contributed by atoms with van der Waals surface area (Å²) < 4.78 is 1.44. The minimum Gasteiger partial charge on any atom is -0.341 e. The van der Waals surface area contributed by atoms with Crippen molar-refractivity contribution in [3.63, 3.8) is 0 Å². The first kappa shape index (κ1) is 17.1. The third kappa shape index (κ3) is 3.66. The summed E-state index contributed by atoms with van der Waals surface area (Å²) in [6.45, 7) is 1.44. The molecule has 2 aromatic heterocycles. The number of hydrogen-bond acceptors (Lipinski definition) is 5. The molecule has 0 bridgehead atoms. The van der Waals surface area contributed by atoms with Gasteiger partial charge in [-0.15, -0.1) is 5.10 Å². The highest BCUT2D eigenvalue weighted by Crippen LogP contribution is 2.13. The summed E-state index contributed by atoms with van der Waals surface area (Å²) in [5, 5.41) is 11.9. The molecule has 0 atom stereocenters. The Morgan fingerprint density at radius 1 is 1.00 bits per heavy atom. The molecule has 0 unspecified atom stereocenters. The van der Waals surface area contributed by atoms with Crippen molar-refractivity contribution in [2.75, 3.05) is 17.7 Å². The average Bonchev–Trinajstić information content (AvgIpc) is 3.03. The molecule has 1 aromatic carbocycles. The Hall–Kier alpha value is -3.75. The first-order valence-electron chi connectivity index (χ1n) is 7.74. The second kappa shape index (κ2) is 7.01. The fourth-order valence-electron chi connectivity index (χ4n) is 2.26. The molecule has 132 valence electrons. The summed E-state index contributed by atoms with van der Waals surface area (Å²) in [6.07, 6.45) is 1.52. The maximum atomic E-state index is 12.4. The second-order valence-electron chi connectivity index (χ2n) is 5.44. The van der Waals surface area contributed by atoms with E-state index in [-0.39, 0.29) is 11.7 Å². The Bertz CT molecular complexity index is 1010. The third-order valence-electron chi connectivity index (χ3n) is 3.56. The first-order valence-corrected chi connectivity index (χ1v) is 7.74. The Morgan fingerprint density at radius 3 is 2.50 bits per heavy atom. The fraction of sp³-hybridized carbons (Fsp3) is 0.118. The smallest absolute Gasteiger partial charge is 0.320 e. The van der Waals surface area contributed by atoms with E-state index in [9.17, 15) is 14.4 Å². The van der Waals surface area contributed by atoms with Crippen molar-refractivity contribution in [2.24, 2.45) is 0 Å².